The van der Waals surface area contributed by atoms with Crippen LogP contribution in [0.15, 0.2) is 36.7 Å². The predicted octanol–water partition coefficient (Wildman–Crippen LogP) is 2.48. The first kappa shape index (κ1) is 13.7. The zero-order chi connectivity index (χ0) is 14.7. The van der Waals surface area contributed by atoms with Gasteiger partial charge in [-0.3, -0.25) is 9.78 Å². The van der Waals surface area contributed by atoms with Gasteiger partial charge in [-0.25, -0.2) is 9.18 Å². The molecule has 5 nitrogen and oxygen atoms in total. The van der Waals surface area contributed by atoms with Crippen LogP contribution < -0.4 is 5.32 Å². The average Bonchev–Trinajstić information content (AvgIpc) is 2.40. The van der Waals surface area contributed by atoms with Gasteiger partial charge in [-0.2, -0.15) is 0 Å². The van der Waals surface area contributed by atoms with Crippen molar-refractivity contribution >= 4 is 17.6 Å². The van der Waals surface area contributed by atoms with E-state index in [4.69, 9.17) is 5.11 Å². The van der Waals surface area contributed by atoms with Crippen LogP contribution in [0.3, 0.4) is 0 Å². The molecule has 0 aliphatic carbocycles. The summed E-state index contributed by atoms with van der Waals surface area (Å²) in [6, 6.07) is 4.90. The Morgan fingerprint density at radius 2 is 1.95 bits per heavy atom. The van der Waals surface area contributed by atoms with E-state index in [1.54, 1.807) is 19.2 Å². The van der Waals surface area contributed by atoms with E-state index >= 15 is 0 Å². The molecule has 0 radical (unpaired) electrons. The van der Waals surface area contributed by atoms with Gasteiger partial charge < -0.3 is 10.4 Å². The van der Waals surface area contributed by atoms with Gasteiger partial charge in [-0.15, -0.1) is 0 Å². The molecule has 0 saturated carbocycles. The highest BCUT2D eigenvalue weighted by Gasteiger charge is 2.12. The number of halogens is 1. The number of hydrogen-bond acceptors (Lipinski definition) is 3. The quantitative estimate of drug-likeness (QED) is 0.901. The molecule has 6 heteroatoms. The molecule has 2 N–H and O–H groups in total. The number of aryl methyl sites for hydroxylation is 1. The van der Waals surface area contributed by atoms with Crippen molar-refractivity contribution in [3.63, 3.8) is 0 Å². The van der Waals surface area contributed by atoms with Crippen molar-refractivity contribution in [1.82, 2.24) is 4.98 Å². The van der Waals surface area contributed by atoms with Gasteiger partial charge >= 0.3 is 5.97 Å². The van der Waals surface area contributed by atoms with E-state index in [1.165, 1.54) is 18.3 Å². The zero-order valence-electron chi connectivity index (χ0n) is 10.6. The van der Waals surface area contributed by atoms with Gasteiger partial charge in [0.15, 0.2) is 0 Å². The van der Waals surface area contributed by atoms with Gasteiger partial charge in [0.25, 0.3) is 5.91 Å². The largest absolute Gasteiger partial charge is 0.478 e. The van der Waals surface area contributed by atoms with Crippen LogP contribution in [0.4, 0.5) is 10.1 Å². The van der Waals surface area contributed by atoms with Crippen LogP contribution in [0.5, 0.6) is 0 Å². The van der Waals surface area contributed by atoms with Crippen LogP contribution in [-0.2, 0) is 0 Å². The van der Waals surface area contributed by atoms with Crippen molar-refractivity contribution in [3.8, 4) is 0 Å². The molecule has 0 aliphatic heterocycles. The van der Waals surface area contributed by atoms with E-state index in [1.807, 2.05) is 0 Å². The van der Waals surface area contributed by atoms with Crippen LogP contribution >= 0.6 is 0 Å². The summed E-state index contributed by atoms with van der Waals surface area (Å²) in [4.78, 5) is 26.5. The summed E-state index contributed by atoms with van der Waals surface area (Å²) in [5, 5.41) is 11.1. The van der Waals surface area contributed by atoms with Crippen molar-refractivity contribution in [2.45, 2.75) is 6.92 Å². The number of carboxylic acid groups (broad SMARTS) is 1. The molecule has 0 atom stereocenters. The number of nitrogens with zero attached hydrogens (tertiary/aromatic N) is 1. The third-order valence-electron chi connectivity index (χ3n) is 2.60. The Morgan fingerprint density at radius 3 is 2.55 bits per heavy atom. The van der Waals surface area contributed by atoms with Gasteiger partial charge in [0.2, 0.25) is 0 Å². The lowest BCUT2D eigenvalue weighted by Gasteiger charge is -2.07. The molecule has 0 spiro atoms. The lowest BCUT2D eigenvalue weighted by molar-refractivity contribution is 0.0696. The molecule has 1 amide bonds. The van der Waals surface area contributed by atoms with E-state index in [0.717, 1.165) is 11.6 Å². The topological polar surface area (TPSA) is 79.3 Å². The Morgan fingerprint density at radius 1 is 1.20 bits per heavy atom. The number of rotatable bonds is 3. The smallest absolute Gasteiger partial charge is 0.335 e. The minimum Gasteiger partial charge on any atom is -0.478 e. The summed E-state index contributed by atoms with van der Waals surface area (Å²) in [6.07, 6.45) is 2.96. The zero-order valence-corrected chi connectivity index (χ0v) is 10.6. The van der Waals surface area contributed by atoms with E-state index in [2.05, 4.69) is 10.3 Å². The number of nitrogens with one attached hydrogen (secondary N) is 1. The van der Waals surface area contributed by atoms with Crippen LogP contribution in [-0.4, -0.2) is 22.0 Å². The summed E-state index contributed by atoms with van der Waals surface area (Å²) in [7, 11) is 0. The third-order valence-corrected chi connectivity index (χ3v) is 2.60. The molecule has 2 aromatic rings. The maximum atomic E-state index is 13.7. The Balaban J connectivity index is 2.22. The summed E-state index contributed by atoms with van der Waals surface area (Å²) in [5.41, 5.74) is 0.838. The summed E-state index contributed by atoms with van der Waals surface area (Å²) in [5.74, 6) is -2.55. The number of anilines is 1. The number of carbonyl (C=O) groups excluding carboxylic acids is 1. The number of pyridine rings is 1. The standard InChI is InChI=1S/C14H11FN2O3/c1-8-4-10(7-16-6-8)13(18)17-12-3-2-9(14(19)20)5-11(12)15/h2-7H,1H3,(H,17,18)(H,19,20). The fraction of sp³-hybridized carbons (Fsp3) is 0.0714. The van der Waals surface area contributed by atoms with Gasteiger partial charge in [0.1, 0.15) is 5.82 Å². The second-order valence-electron chi connectivity index (χ2n) is 4.20. The van der Waals surface area contributed by atoms with Crippen LogP contribution in [0.25, 0.3) is 0 Å². The van der Waals surface area contributed by atoms with Crippen molar-refractivity contribution in [2.75, 3.05) is 5.32 Å². The first-order chi connectivity index (χ1) is 9.47. The molecule has 0 fully saturated rings. The molecule has 0 bridgehead atoms. The Labute approximate surface area is 114 Å². The number of hydrogen-bond donors (Lipinski definition) is 2. The lowest BCUT2D eigenvalue weighted by Crippen LogP contribution is -2.14. The number of aromatic carboxylic acids is 1. The second kappa shape index (κ2) is 5.48. The predicted molar refractivity (Wildman–Crippen MR) is 70.3 cm³/mol. The first-order valence-corrected chi connectivity index (χ1v) is 5.73. The molecule has 2 rings (SSSR count). The monoisotopic (exact) mass is 274 g/mol. The van der Waals surface area contributed by atoms with Gasteiger partial charge in [0, 0.05) is 12.4 Å². The number of carbonyl (C=O) groups is 2. The molecular weight excluding hydrogens is 263 g/mol. The summed E-state index contributed by atoms with van der Waals surface area (Å²) in [6.45, 7) is 1.78. The fourth-order valence-electron chi connectivity index (χ4n) is 1.62. The number of aromatic nitrogens is 1. The molecular formula is C14H11FN2O3. The normalized spacial score (nSPS) is 10.1. The van der Waals surface area contributed by atoms with E-state index < -0.39 is 17.7 Å². The van der Waals surface area contributed by atoms with E-state index in [9.17, 15) is 14.0 Å². The number of carboxylic acids is 1. The maximum absolute atomic E-state index is 13.7. The Hall–Kier alpha value is -2.76. The molecule has 0 unspecified atom stereocenters. The average molecular weight is 274 g/mol. The fourth-order valence-corrected chi connectivity index (χ4v) is 1.62. The highest BCUT2D eigenvalue weighted by atomic mass is 19.1. The van der Waals surface area contributed by atoms with Gasteiger partial charge in [-0.1, -0.05) is 0 Å². The second-order valence-corrected chi connectivity index (χ2v) is 4.20. The SMILES string of the molecule is Cc1cncc(C(=O)Nc2ccc(C(=O)O)cc2F)c1. The van der Waals surface area contributed by atoms with Crippen molar-refractivity contribution < 1.29 is 19.1 Å². The van der Waals surface area contributed by atoms with Gasteiger partial charge in [-0.05, 0) is 36.8 Å². The number of amides is 1. The molecule has 1 aromatic heterocycles. The molecule has 1 heterocycles. The Kier molecular flexibility index (Phi) is 3.74. The summed E-state index contributed by atoms with van der Waals surface area (Å²) < 4.78 is 13.7. The van der Waals surface area contributed by atoms with Gasteiger partial charge in [0.05, 0.1) is 16.8 Å². The molecule has 0 saturated heterocycles. The minimum atomic E-state index is -1.23. The molecule has 0 aliphatic rings. The van der Waals surface area contributed by atoms with E-state index in [-0.39, 0.29) is 11.3 Å². The molecule has 102 valence electrons. The van der Waals surface area contributed by atoms with Crippen LogP contribution in [0.1, 0.15) is 26.3 Å². The van der Waals surface area contributed by atoms with Crippen molar-refractivity contribution in [3.05, 3.63) is 59.2 Å². The highest BCUT2D eigenvalue weighted by Crippen LogP contribution is 2.17. The highest BCUT2D eigenvalue weighted by molar-refractivity contribution is 6.04. The van der Waals surface area contributed by atoms with Crippen molar-refractivity contribution in [1.29, 1.82) is 0 Å². The molecule has 20 heavy (non-hydrogen) atoms. The van der Waals surface area contributed by atoms with Crippen LogP contribution in [0.2, 0.25) is 0 Å². The van der Waals surface area contributed by atoms with Crippen molar-refractivity contribution in [2.24, 2.45) is 0 Å². The van der Waals surface area contributed by atoms with E-state index in [0.29, 0.717) is 5.56 Å². The third kappa shape index (κ3) is 2.97. The summed E-state index contributed by atoms with van der Waals surface area (Å²) >= 11 is 0. The Bertz CT molecular complexity index is 686. The first-order valence-electron chi connectivity index (χ1n) is 5.73. The lowest BCUT2D eigenvalue weighted by atomic mass is 10.1. The minimum absolute atomic E-state index is 0.0819. The van der Waals surface area contributed by atoms with Crippen LogP contribution in [0, 0.1) is 12.7 Å². The maximum Gasteiger partial charge on any atom is 0.335 e. The molecule has 1 aromatic carbocycles. The number of benzene rings is 1.